The minimum Gasteiger partial charge on any atom is -0.409 e. The van der Waals surface area contributed by atoms with Crippen LogP contribution >= 0.6 is 0 Å². The highest BCUT2D eigenvalue weighted by atomic mass is 28.4. The molecule has 8 unspecified atom stereocenters. The van der Waals surface area contributed by atoms with Gasteiger partial charge in [-0.25, -0.2) is 0 Å². The van der Waals surface area contributed by atoms with Crippen molar-refractivity contribution in [2.75, 3.05) is 0 Å². The fourth-order valence-electron chi connectivity index (χ4n) is 4.94. The van der Waals surface area contributed by atoms with E-state index in [4.69, 9.17) is 28.1 Å². The van der Waals surface area contributed by atoms with Crippen LogP contribution in [0.5, 0.6) is 0 Å². The van der Waals surface area contributed by atoms with Crippen LogP contribution in [0.3, 0.4) is 0 Å². The van der Waals surface area contributed by atoms with E-state index in [1.54, 1.807) is 0 Å². The zero-order valence-electron chi connectivity index (χ0n) is 22.6. The van der Waals surface area contributed by atoms with E-state index in [2.05, 4.69) is 31.8 Å². The van der Waals surface area contributed by atoms with E-state index in [0.29, 0.717) is 26.1 Å². The lowest BCUT2D eigenvalue weighted by Crippen LogP contribution is -2.56. The quantitative estimate of drug-likeness (QED) is 0.432. The third-order valence-corrected chi connectivity index (χ3v) is 7.65. The minimum atomic E-state index is -1.84. The van der Waals surface area contributed by atoms with Crippen molar-refractivity contribution in [2.24, 2.45) is 0 Å². The van der Waals surface area contributed by atoms with Gasteiger partial charge in [0.15, 0.2) is 20.9 Å². The van der Waals surface area contributed by atoms with Gasteiger partial charge in [-0.2, -0.15) is 0 Å². The lowest BCUT2D eigenvalue weighted by Gasteiger charge is -2.45. The molecule has 8 atom stereocenters. The Kier molecular flexibility index (Phi) is 9.94. The van der Waals surface area contributed by atoms with E-state index < -0.39 is 27.0 Å². The first-order chi connectivity index (χ1) is 17.7. The van der Waals surface area contributed by atoms with E-state index in [1.165, 1.54) is 0 Å². The van der Waals surface area contributed by atoms with E-state index >= 15 is 0 Å². The first-order valence-corrected chi connectivity index (χ1v) is 16.7. The fourth-order valence-corrected chi connectivity index (χ4v) is 6.10. The van der Waals surface area contributed by atoms with Crippen molar-refractivity contribution in [1.82, 2.24) is 0 Å². The van der Waals surface area contributed by atoms with Crippen molar-refractivity contribution in [3.05, 3.63) is 71.8 Å². The standard InChI is InChI=1S/C29H42O7Si/c1-20-28(24(16-26(30)33-20)31-18-22-12-8-6-9-13-22)35-27-17-25(32-19-23-14-10-7-11-15-23)29(21(2)34-27)36-37(3,4)5/h6-15,20-21,24-30H,16-19H2,1-5H3. The van der Waals surface area contributed by atoms with Crippen molar-refractivity contribution in [3.63, 3.8) is 0 Å². The molecule has 2 aromatic carbocycles. The molecule has 2 aromatic rings. The molecule has 0 radical (unpaired) electrons. The second-order valence-corrected chi connectivity index (χ2v) is 15.5. The van der Waals surface area contributed by atoms with Gasteiger partial charge >= 0.3 is 0 Å². The van der Waals surface area contributed by atoms with Crippen molar-refractivity contribution >= 4 is 8.32 Å². The van der Waals surface area contributed by atoms with Gasteiger partial charge in [-0.15, -0.1) is 0 Å². The van der Waals surface area contributed by atoms with Crippen LogP contribution < -0.4 is 0 Å². The molecule has 4 rings (SSSR count). The molecule has 8 heteroatoms. The predicted molar refractivity (Wildman–Crippen MR) is 143 cm³/mol. The zero-order chi connectivity index (χ0) is 26.4. The predicted octanol–water partition coefficient (Wildman–Crippen LogP) is 5.02. The van der Waals surface area contributed by atoms with Gasteiger partial charge < -0.3 is 33.2 Å². The zero-order valence-corrected chi connectivity index (χ0v) is 23.6. The van der Waals surface area contributed by atoms with E-state index in [9.17, 15) is 5.11 Å². The molecule has 0 aliphatic carbocycles. The van der Waals surface area contributed by atoms with Crippen LogP contribution in [0.25, 0.3) is 0 Å². The number of hydrogen-bond donors (Lipinski definition) is 1. The van der Waals surface area contributed by atoms with Crippen LogP contribution in [0.2, 0.25) is 19.6 Å². The first-order valence-electron chi connectivity index (χ1n) is 13.3. The average Bonchev–Trinajstić information content (AvgIpc) is 2.85. The smallest absolute Gasteiger partial charge is 0.184 e. The lowest BCUT2D eigenvalue weighted by atomic mass is 10.00. The summed E-state index contributed by atoms with van der Waals surface area (Å²) in [4.78, 5) is 0. The van der Waals surface area contributed by atoms with Crippen LogP contribution in [0, 0.1) is 0 Å². The summed E-state index contributed by atoms with van der Waals surface area (Å²) in [5.74, 6) is 0. The van der Waals surface area contributed by atoms with Crippen molar-refractivity contribution in [2.45, 2.75) is 109 Å². The second kappa shape index (κ2) is 13.0. The molecule has 37 heavy (non-hydrogen) atoms. The molecule has 0 amide bonds. The topological polar surface area (TPSA) is 75.6 Å². The SMILES string of the molecule is CC1OC(O)CC(OCc2ccccc2)C1OC1CC(OCc2ccccc2)C(O[Si](C)(C)C)C(C)O1. The summed E-state index contributed by atoms with van der Waals surface area (Å²) in [7, 11) is -1.84. The second-order valence-electron chi connectivity index (χ2n) is 11.0. The summed E-state index contributed by atoms with van der Waals surface area (Å²) >= 11 is 0. The number of rotatable bonds is 10. The highest BCUT2D eigenvalue weighted by molar-refractivity contribution is 6.69. The van der Waals surface area contributed by atoms with Crippen LogP contribution in [0.4, 0.5) is 0 Å². The largest absolute Gasteiger partial charge is 0.409 e. The summed E-state index contributed by atoms with van der Waals surface area (Å²) in [6.45, 7) is 11.4. The van der Waals surface area contributed by atoms with Gasteiger partial charge in [0.1, 0.15) is 6.10 Å². The maximum absolute atomic E-state index is 10.3. The summed E-state index contributed by atoms with van der Waals surface area (Å²) in [5.41, 5.74) is 2.18. The summed E-state index contributed by atoms with van der Waals surface area (Å²) < 4.78 is 37.8. The van der Waals surface area contributed by atoms with Gasteiger partial charge in [-0.1, -0.05) is 60.7 Å². The number of aliphatic hydroxyl groups excluding tert-OH is 1. The molecule has 0 bridgehead atoms. The Bertz CT molecular complexity index is 938. The Morgan fingerprint density at radius 2 is 1.27 bits per heavy atom. The van der Waals surface area contributed by atoms with Gasteiger partial charge in [-0.3, -0.25) is 0 Å². The van der Waals surface area contributed by atoms with Crippen molar-refractivity contribution in [3.8, 4) is 0 Å². The maximum Gasteiger partial charge on any atom is 0.184 e. The molecule has 0 spiro atoms. The maximum atomic E-state index is 10.3. The number of aliphatic hydroxyl groups is 1. The highest BCUT2D eigenvalue weighted by Crippen LogP contribution is 2.33. The molecule has 2 aliphatic heterocycles. The highest BCUT2D eigenvalue weighted by Gasteiger charge is 2.44. The molecule has 2 fully saturated rings. The van der Waals surface area contributed by atoms with E-state index in [-0.39, 0.29) is 30.5 Å². The molecule has 2 aliphatic rings. The van der Waals surface area contributed by atoms with Gasteiger partial charge in [0.25, 0.3) is 0 Å². The van der Waals surface area contributed by atoms with Crippen LogP contribution in [0.1, 0.15) is 37.8 Å². The molecule has 2 heterocycles. The molecule has 0 saturated carbocycles. The Labute approximate surface area is 222 Å². The molecular formula is C29H42O7Si. The van der Waals surface area contributed by atoms with E-state index in [1.807, 2.05) is 62.4 Å². The first kappa shape index (κ1) is 28.4. The van der Waals surface area contributed by atoms with Crippen LogP contribution in [-0.2, 0) is 41.3 Å². The fraction of sp³-hybridized carbons (Fsp3) is 0.586. The molecule has 0 aromatic heterocycles. The van der Waals surface area contributed by atoms with Crippen LogP contribution in [-0.4, -0.2) is 62.6 Å². The molecular weight excluding hydrogens is 488 g/mol. The third kappa shape index (κ3) is 8.43. The van der Waals surface area contributed by atoms with Gasteiger partial charge in [0.2, 0.25) is 0 Å². The molecule has 7 nitrogen and oxygen atoms in total. The average molecular weight is 531 g/mol. The third-order valence-electron chi connectivity index (χ3n) is 6.67. The Morgan fingerprint density at radius 3 is 1.81 bits per heavy atom. The molecule has 204 valence electrons. The van der Waals surface area contributed by atoms with Crippen molar-refractivity contribution < 1.29 is 33.2 Å². The Morgan fingerprint density at radius 1 is 0.757 bits per heavy atom. The molecule has 1 N–H and O–H groups in total. The lowest BCUT2D eigenvalue weighted by molar-refractivity contribution is -0.313. The minimum absolute atomic E-state index is 0.179. The number of benzene rings is 2. The van der Waals surface area contributed by atoms with Gasteiger partial charge in [0, 0.05) is 12.8 Å². The Balaban J connectivity index is 1.44. The monoisotopic (exact) mass is 530 g/mol. The van der Waals surface area contributed by atoms with Crippen LogP contribution in [0.15, 0.2) is 60.7 Å². The van der Waals surface area contributed by atoms with Crippen molar-refractivity contribution in [1.29, 1.82) is 0 Å². The Hall–Kier alpha value is -1.62. The van der Waals surface area contributed by atoms with Gasteiger partial charge in [0.05, 0.1) is 43.7 Å². The number of ether oxygens (including phenoxy) is 5. The van der Waals surface area contributed by atoms with Gasteiger partial charge in [-0.05, 0) is 44.6 Å². The molecule has 2 saturated heterocycles. The number of hydrogen-bond acceptors (Lipinski definition) is 7. The van der Waals surface area contributed by atoms with E-state index in [0.717, 1.165) is 11.1 Å². The summed E-state index contributed by atoms with van der Waals surface area (Å²) in [6, 6.07) is 20.2. The summed E-state index contributed by atoms with van der Waals surface area (Å²) in [6.07, 6.45) is -2.20. The summed E-state index contributed by atoms with van der Waals surface area (Å²) in [5, 5.41) is 10.3. The normalized spacial score (nSPS) is 32.8.